The van der Waals surface area contributed by atoms with E-state index in [1.807, 2.05) is 139 Å². The Morgan fingerprint density at radius 3 is 1.65 bits per heavy atom. The molecular weight excluding hydrogens is 691 g/mol. The van der Waals surface area contributed by atoms with Gasteiger partial charge >= 0.3 is 0 Å². The molecule has 282 valence electrons. The zero-order valence-corrected chi connectivity index (χ0v) is 31.7. The van der Waals surface area contributed by atoms with E-state index in [9.17, 15) is 9.59 Å². The lowest BCUT2D eigenvalue weighted by molar-refractivity contribution is -0.138. The van der Waals surface area contributed by atoms with Gasteiger partial charge in [-0.3, -0.25) is 19.4 Å². The first-order chi connectivity index (χ1) is 26.8. The number of nitrogens with zero attached hydrogens (tertiary/aromatic N) is 7. The lowest BCUT2D eigenvalue weighted by Gasteiger charge is -2.31. The summed E-state index contributed by atoms with van der Waals surface area (Å²) in [6.07, 6.45) is 8.95. The van der Waals surface area contributed by atoms with Gasteiger partial charge in [0.2, 0.25) is 17.7 Å². The number of H-pyrrole nitrogens is 2. The highest BCUT2D eigenvalue weighted by molar-refractivity contribution is 5.84. The summed E-state index contributed by atoms with van der Waals surface area (Å²) in [5.74, 6) is 2.71. The summed E-state index contributed by atoms with van der Waals surface area (Å²) >= 11 is 0. The number of imidazole rings is 2. The van der Waals surface area contributed by atoms with E-state index in [0.717, 1.165) is 65.3 Å². The van der Waals surface area contributed by atoms with Crippen molar-refractivity contribution in [3.8, 4) is 34.2 Å². The Bertz CT molecular complexity index is 2230. The van der Waals surface area contributed by atoms with Crippen LogP contribution in [0, 0.1) is 0 Å². The van der Waals surface area contributed by atoms with Gasteiger partial charge in [0.15, 0.2) is 5.76 Å². The fourth-order valence-electron chi connectivity index (χ4n) is 8.14. The van der Waals surface area contributed by atoms with Gasteiger partial charge in [-0.15, -0.1) is 0 Å². The van der Waals surface area contributed by atoms with E-state index >= 15 is 0 Å². The summed E-state index contributed by atoms with van der Waals surface area (Å²) < 4.78 is 6.21. The molecule has 4 atom stereocenters. The molecule has 0 bridgehead atoms. The zero-order chi connectivity index (χ0) is 38.1. The van der Waals surface area contributed by atoms with Gasteiger partial charge in [0.05, 0.1) is 24.0 Å². The van der Waals surface area contributed by atoms with E-state index in [1.54, 1.807) is 12.4 Å². The maximum atomic E-state index is 13.9. The van der Waals surface area contributed by atoms with Crippen LogP contribution in [0.25, 0.3) is 34.2 Å². The van der Waals surface area contributed by atoms with Crippen molar-refractivity contribution < 1.29 is 14.0 Å². The molecule has 2 amide bonds. The van der Waals surface area contributed by atoms with Crippen molar-refractivity contribution >= 4 is 11.8 Å². The average molecular weight is 738 g/mol. The first kappa shape index (κ1) is 36.1. The standard InChI is InChI=1S/C43H47N9O3/c1-49(2)37(30-13-7-5-8-14-30)42(53)51-23-11-17-34(51)39-44-25-32(47-39)28-19-21-29(22-20-28)36-27-46-41(55-36)33-26-45-40(48-33)35-18-12-24-52(35)43(54)38(50(3)4)31-15-9-6-10-16-31/h5-10,13-16,19-22,25-27,34-35,37-38H,11-12,17-18,23-24H2,1-4H3,(H,44,47)(H,45,48)/t34-,35-,37+,38+/m0/s1. The van der Waals surface area contributed by atoms with Gasteiger partial charge in [0.1, 0.15) is 29.4 Å². The zero-order valence-electron chi connectivity index (χ0n) is 31.7. The molecule has 12 heteroatoms. The number of oxazole rings is 1. The lowest BCUT2D eigenvalue weighted by Crippen LogP contribution is -2.40. The van der Waals surface area contributed by atoms with Gasteiger partial charge in [-0.05, 0) is 65.0 Å². The topological polar surface area (TPSA) is 130 Å². The molecule has 12 nitrogen and oxygen atoms in total. The van der Waals surface area contributed by atoms with Crippen molar-refractivity contribution in [2.24, 2.45) is 0 Å². The number of likely N-dealkylation sites (N-methyl/N-ethyl adjacent to an activating group) is 2. The Balaban J connectivity index is 0.942. The average Bonchev–Trinajstić information content (AvgIpc) is 4.04. The van der Waals surface area contributed by atoms with Crippen molar-refractivity contribution in [1.29, 1.82) is 0 Å². The molecule has 8 rings (SSSR count). The van der Waals surface area contributed by atoms with Crippen LogP contribution in [0.3, 0.4) is 0 Å². The molecule has 2 N–H and O–H groups in total. The molecule has 5 heterocycles. The van der Waals surface area contributed by atoms with Gasteiger partial charge in [0, 0.05) is 36.6 Å². The number of carbonyl (C=O) groups excluding carboxylic acids is 2. The summed E-state index contributed by atoms with van der Waals surface area (Å²) in [5.41, 5.74) is 5.19. The predicted molar refractivity (Wildman–Crippen MR) is 210 cm³/mol. The van der Waals surface area contributed by atoms with E-state index in [-0.39, 0.29) is 36.0 Å². The van der Waals surface area contributed by atoms with Crippen molar-refractivity contribution in [2.75, 3.05) is 41.3 Å². The van der Waals surface area contributed by atoms with E-state index in [4.69, 9.17) is 14.4 Å². The fourth-order valence-corrected chi connectivity index (χ4v) is 8.14. The van der Waals surface area contributed by atoms with Crippen LogP contribution >= 0.6 is 0 Å². The SMILES string of the molecule is CN(C)[C@@H](C(=O)N1CCC[C@H]1c1nc(-c2ccc(-c3cnc(-c4c[nH]c([C@@H]5CCCN5C(=O)[C@@H](c5ccccc5)N(C)C)n4)o3)cc2)c[nH]1)c1ccccc1. The highest BCUT2D eigenvalue weighted by Crippen LogP contribution is 2.37. The van der Waals surface area contributed by atoms with Crippen LogP contribution in [0.4, 0.5) is 0 Å². The minimum atomic E-state index is -0.373. The van der Waals surface area contributed by atoms with E-state index < -0.39 is 0 Å². The molecule has 0 aliphatic carbocycles. The van der Waals surface area contributed by atoms with Crippen LogP contribution in [0.1, 0.15) is 72.6 Å². The Morgan fingerprint density at radius 2 is 1.15 bits per heavy atom. The molecule has 0 radical (unpaired) electrons. The number of hydrogen-bond acceptors (Lipinski definition) is 8. The third-order valence-corrected chi connectivity index (χ3v) is 10.8. The molecule has 6 aromatic rings. The molecule has 2 aliphatic rings. The number of carbonyl (C=O) groups is 2. The van der Waals surface area contributed by atoms with Crippen LogP contribution in [0.15, 0.2) is 108 Å². The number of likely N-dealkylation sites (tertiary alicyclic amines) is 2. The Morgan fingerprint density at radius 1 is 0.673 bits per heavy atom. The Hall–Kier alpha value is -5.85. The number of nitrogens with one attached hydrogen (secondary N) is 2. The number of hydrogen-bond donors (Lipinski definition) is 2. The third kappa shape index (κ3) is 7.22. The van der Waals surface area contributed by atoms with Crippen molar-refractivity contribution in [1.82, 2.24) is 44.5 Å². The molecule has 2 saturated heterocycles. The van der Waals surface area contributed by atoms with E-state index in [2.05, 4.69) is 15.0 Å². The predicted octanol–water partition coefficient (Wildman–Crippen LogP) is 7.05. The molecule has 55 heavy (non-hydrogen) atoms. The first-order valence-electron chi connectivity index (χ1n) is 19.0. The lowest BCUT2D eigenvalue weighted by atomic mass is 10.0. The number of benzene rings is 3. The minimum absolute atomic E-state index is 0.0668. The van der Waals surface area contributed by atoms with Gasteiger partial charge in [-0.2, -0.15) is 0 Å². The van der Waals surface area contributed by atoms with Crippen molar-refractivity contribution in [3.63, 3.8) is 0 Å². The number of aromatic amines is 2. The number of rotatable bonds is 11. The minimum Gasteiger partial charge on any atom is -0.435 e. The van der Waals surface area contributed by atoms with Crippen LogP contribution < -0.4 is 0 Å². The molecule has 2 aliphatic heterocycles. The summed E-state index contributed by atoms with van der Waals surface area (Å²) in [6, 6.07) is 26.9. The molecule has 0 saturated carbocycles. The molecule has 2 fully saturated rings. The monoisotopic (exact) mass is 737 g/mol. The maximum absolute atomic E-state index is 13.9. The fraction of sp³-hybridized carbons (Fsp3) is 0.326. The van der Waals surface area contributed by atoms with E-state index in [0.29, 0.717) is 30.4 Å². The number of aromatic nitrogens is 5. The van der Waals surface area contributed by atoms with Crippen molar-refractivity contribution in [2.45, 2.75) is 49.9 Å². The molecule has 3 aromatic heterocycles. The second-order valence-electron chi connectivity index (χ2n) is 14.9. The Labute approximate surface area is 321 Å². The maximum Gasteiger partial charge on any atom is 0.247 e. The first-order valence-corrected chi connectivity index (χ1v) is 19.0. The third-order valence-electron chi connectivity index (χ3n) is 10.8. The summed E-state index contributed by atoms with van der Waals surface area (Å²) in [5, 5.41) is 0. The van der Waals surface area contributed by atoms with Gasteiger partial charge in [-0.25, -0.2) is 15.0 Å². The molecule has 3 aromatic carbocycles. The summed E-state index contributed by atoms with van der Waals surface area (Å²) in [4.78, 5) is 56.7. The highest BCUT2D eigenvalue weighted by Gasteiger charge is 2.38. The molecule has 0 unspecified atom stereocenters. The largest absolute Gasteiger partial charge is 0.435 e. The summed E-state index contributed by atoms with van der Waals surface area (Å²) in [7, 11) is 7.78. The second kappa shape index (κ2) is 15.5. The normalized spacial score (nSPS) is 18.4. The molecule has 0 spiro atoms. The van der Waals surface area contributed by atoms with Gasteiger partial charge in [0.25, 0.3) is 0 Å². The quantitative estimate of drug-likeness (QED) is 0.145. The van der Waals surface area contributed by atoms with Crippen LogP contribution in [-0.2, 0) is 9.59 Å². The van der Waals surface area contributed by atoms with Crippen LogP contribution in [0.5, 0.6) is 0 Å². The number of amides is 2. The highest BCUT2D eigenvalue weighted by atomic mass is 16.4. The summed E-state index contributed by atoms with van der Waals surface area (Å²) in [6.45, 7) is 1.38. The van der Waals surface area contributed by atoms with Crippen molar-refractivity contribution in [3.05, 3.63) is 126 Å². The van der Waals surface area contributed by atoms with E-state index in [1.165, 1.54) is 0 Å². The Kier molecular flexibility index (Phi) is 10.2. The van der Waals surface area contributed by atoms with Crippen LogP contribution in [-0.4, -0.2) is 97.6 Å². The van der Waals surface area contributed by atoms with Gasteiger partial charge in [-0.1, -0.05) is 84.9 Å². The second-order valence-corrected chi connectivity index (χ2v) is 14.9. The smallest absolute Gasteiger partial charge is 0.247 e. The van der Waals surface area contributed by atoms with Gasteiger partial charge < -0.3 is 24.2 Å². The molecular formula is C43H47N9O3. The van der Waals surface area contributed by atoms with Crippen LogP contribution in [0.2, 0.25) is 0 Å².